The van der Waals surface area contributed by atoms with Crippen LogP contribution in [0, 0.1) is 0 Å². The Balaban J connectivity index is 1.82. The van der Waals surface area contributed by atoms with E-state index >= 15 is 0 Å². The third kappa shape index (κ3) is 5.06. The van der Waals surface area contributed by atoms with Crippen molar-refractivity contribution >= 4 is 17.2 Å². The standard InChI is InChI=1S/C17H22N2O3S/c1-11(7-12-3-5-14(22-2)6-4-12)19-9-15(20)16-8-13(10-23-16)17(18)21/h3-6,8,10-11,15,19-20H,7,9H2,1-2H3,(H2,18,21). The van der Waals surface area contributed by atoms with Gasteiger partial charge in [0.15, 0.2) is 0 Å². The molecule has 2 atom stereocenters. The van der Waals surface area contributed by atoms with Crippen molar-refractivity contribution in [2.75, 3.05) is 13.7 Å². The van der Waals surface area contributed by atoms with Crippen LogP contribution in [0.5, 0.6) is 5.75 Å². The molecule has 2 aromatic rings. The van der Waals surface area contributed by atoms with Crippen molar-refractivity contribution in [2.45, 2.75) is 25.5 Å². The van der Waals surface area contributed by atoms with Crippen molar-refractivity contribution in [2.24, 2.45) is 5.73 Å². The molecule has 124 valence electrons. The smallest absolute Gasteiger partial charge is 0.249 e. The Morgan fingerprint density at radius 3 is 2.65 bits per heavy atom. The zero-order valence-corrected chi connectivity index (χ0v) is 14.1. The monoisotopic (exact) mass is 334 g/mol. The van der Waals surface area contributed by atoms with Crippen molar-refractivity contribution in [3.8, 4) is 5.75 Å². The van der Waals surface area contributed by atoms with E-state index in [1.807, 2.05) is 24.3 Å². The van der Waals surface area contributed by atoms with E-state index in [0.29, 0.717) is 12.1 Å². The van der Waals surface area contributed by atoms with Crippen LogP contribution in [0.15, 0.2) is 35.7 Å². The summed E-state index contributed by atoms with van der Waals surface area (Å²) in [4.78, 5) is 11.8. The second kappa shape index (κ2) is 8.10. The lowest BCUT2D eigenvalue weighted by Crippen LogP contribution is -2.31. The van der Waals surface area contributed by atoms with E-state index in [1.165, 1.54) is 16.9 Å². The molecular formula is C17H22N2O3S. The van der Waals surface area contributed by atoms with Crippen LogP contribution in [0.4, 0.5) is 0 Å². The number of thiophene rings is 1. The van der Waals surface area contributed by atoms with Crippen LogP contribution in [0.1, 0.15) is 33.8 Å². The quantitative estimate of drug-likeness (QED) is 0.690. The van der Waals surface area contributed by atoms with Crippen molar-refractivity contribution in [3.05, 3.63) is 51.7 Å². The van der Waals surface area contributed by atoms with E-state index in [2.05, 4.69) is 12.2 Å². The molecule has 5 nitrogen and oxygen atoms in total. The summed E-state index contributed by atoms with van der Waals surface area (Å²) in [6.45, 7) is 2.50. The molecule has 0 saturated carbocycles. The van der Waals surface area contributed by atoms with Gasteiger partial charge in [-0.3, -0.25) is 4.79 Å². The van der Waals surface area contributed by atoms with E-state index in [9.17, 15) is 9.90 Å². The van der Waals surface area contributed by atoms with Gasteiger partial charge in [0, 0.05) is 22.8 Å². The highest BCUT2D eigenvalue weighted by molar-refractivity contribution is 7.10. The minimum absolute atomic E-state index is 0.216. The number of nitrogens with two attached hydrogens (primary N) is 1. The normalized spacial score (nSPS) is 13.5. The van der Waals surface area contributed by atoms with Crippen LogP contribution in [0.2, 0.25) is 0 Å². The highest BCUT2D eigenvalue weighted by Crippen LogP contribution is 2.21. The largest absolute Gasteiger partial charge is 0.497 e. The van der Waals surface area contributed by atoms with Gasteiger partial charge in [-0.05, 0) is 37.1 Å². The maximum atomic E-state index is 11.1. The minimum Gasteiger partial charge on any atom is -0.497 e. The van der Waals surface area contributed by atoms with Gasteiger partial charge in [0.1, 0.15) is 11.9 Å². The zero-order chi connectivity index (χ0) is 16.8. The summed E-state index contributed by atoms with van der Waals surface area (Å²) in [5.41, 5.74) is 6.86. The molecule has 4 N–H and O–H groups in total. The Morgan fingerprint density at radius 2 is 2.09 bits per heavy atom. The maximum Gasteiger partial charge on any atom is 0.249 e. The van der Waals surface area contributed by atoms with Gasteiger partial charge in [-0.1, -0.05) is 12.1 Å². The predicted octanol–water partition coefficient (Wildman–Crippen LogP) is 2.11. The summed E-state index contributed by atoms with van der Waals surface area (Å²) in [6.07, 6.45) is 0.208. The topological polar surface area (TPSA) is 84.6 Å². The average molecular weight is 334 g/mol. The number of nitrogens with one attached hydrogen (secondary N) is 1. The third-order valence-corrected chi connectivity index (χ3v) is 4.63. The maximum absolute atomic E-state index is 11.1. The van der Waals surface area contributed by atoms with E-state index in [0.717, 1.165) is 17.0 Å². The summed E-state index contributed by atoms with van der Waals surface area (Å²) in [5.74, 6) is 0.369. The Kier molecular flexibility index (Phi) is 6.15. The number of benzene rings is 1. The number of carbonyl (C=O) groups is 1. The number of hydrogen-bond acceptors (Lipinski definition) is 5. The van der Waals surface area contributed by atoms with Crippen LogP contribution >= 0.6 is 11.3 Å². The van der Waals surface area contributed by atoms with Crippen LogP contribution in [-0.4, -0.2) is 30.7 Å². The van der Waals surface area contributed by atoms with Crippen LogP contribution in [0.3, 0.4) is 0 Å². The Bertz CT molecular complexity index is 640. The van der Waals surface area contributed by atoms with Crippen molar-refractivity contribution in [1.82, 2.24) is 5.32 Å². The van der Waals surface area contributed by atoms with Crippen molar-refractivity contribution < 1.29 is 14.6 Å². The fourth-order valence-corrected chi connectivity index (χ4v) is 3.14. The number of methoxy groups -OCH3 is 1. The Labute approximate surface area is 140 Å². The first-order chi connectivity index (χ1) is 11.0. The number of aliphatic hydroxyl groups is 1. The van der Waals surface area contributed by atoms with Crippen molar-refractivity contribution in [3.63, 3.8) is 0 Å². The van der Waals surface area contributed by atoms with E-state index in [4.69, 9.17) is 10.5 Å². The molecule has 1 aromatic heterocycles. The van der Waals surface area contributed by atoms with Gasteiger partial charge in [0.05, 0.1) is 12.7 Å². The molecule has 0 saturated heterocycles. The lowest BCUT2D eigenvalue weighted by Gasteiger charge is -2.16. The fraction of sp³-hybridized carbons (Fsp3) is 0.353. The average Bonchev–Trinajstić information content (AvgIpc) is 3.03. The molecule has 1 heterocycles. The second-order valence-corrected chi connectivity index (χ2v) is 6.42. The van der Waals surface area contributed by atoms with Gasteiger partial charge in [-0.2, -0.15) is 0 Å². The third-order valence-electron chi connectivity index (χ3n) is 3.59. The number of amides is 1. The highest BCUT2D eigenvalue weighted by Gasteiger charge is 2.14. The molecular weight excluding hydrogens is 312 g/mol. The summed E-state index contributed by atoms with van der Waals surface area (Å²) in [6, 6.07) is 9.81. The molecule has 2 unspecified atom stereocenters. The SMILES string of the molecule is COc1ccc(CC(C)NCC(O)c2cc(C(N)=O)cs2)cc1. The number of primary amides is 1. The molecule has 1 aromatic carbocycles. The molecule has 0 aliphatic rings. The molecule has 0 spiro atoms. The molecule has 0 fully saturated rings. The summed E-state index contributed by atoms with van der Waals surface area (Å²) < 4.78 is 5.14. The number of aliphatic hydroxyl groups excluding tert-OH is 1. The predicted molar refractivity (Wildman–Crippen MR) is 92.0 cm³/mol. The second-order valence-electron chi connectivity index (χ2n) is 5.48. The van der Waals surface area contributed by atoms with Gasteiger partial charge in [-0.25, -0.2) is 0 Å². The lowest BCUT2D eigenvalue weighted by atomic mass is 10.1. The molecule has 2 rings (SSSR count). The Morgan fingerprint density at radius 1 is 1.39 bits per heavy atom. The van der Waals surface area contributed by atoms with E-state index in [-0.39, 0.29) is 6.04 Å². The number of rotatable bonds is 8. The van der Waals surface area contributed by atoms with Gasteiger partial charge in [0.2, 0.25) is 5.91 Å². The number of hydrogen-bond donors (Lipinski definition) is 3. The first-order valence-corrected chi connectivity index (χ1v) is 8.30. The van der Waals surface area contributed by atoms with Gasteiger partial charge < -0.3 is 20.9 Å². The van der Waals surface area contributed by atoms with Crippen molar-refractivity contribution in [1.29, 1.82) is 0 Å². The molecule has 0 bridgehead atoms. The summed E-state index contributed by atoms with van der Waals surface area (Å²) >= 11 is 1.34. The van der Waals surface area contributed by atoms with E-state index < -0.39 is 12.0 Å². The molecule has 1 amide bonds. The first kappa shape index (κ1) is 17.5. The molecule has 0 radical (unpaired) electrons. The highest BCUT2D eigenvalue weighted by atomic mass is 32.1. The summed E-state index contributed by atoms with van der Waals surface area (Å²) in [7, 11) is 1.65. The molecule has 0 aliphatic carbocycles. The van der Waals surface area contributed by atoms with Gasteiger partial charge >= 0.3 is 0 Å². The molecule has 6 heteroatoms. The lowest BCUT2D eigenvalue weighted by molar-refractivity contribution is 0.100. The fourth-order valence-electron chi connectivity index (χ4n) is 2.26. The molecule has 23 heavy (non-hydrogen) atoms. The Hall–Kier alpha value is -1.89. The number of ether oxygens (including phenoxy) is 1. The van der Waals surface area contributed by atoms with Crippen LogP contribution < -0.4 is 15.8 Å². The van der Waals surface area contributed by atoms with Crippen LogP contribution in [-0.2, 0) is 6.42 Å². The van der Waals surface area contributed by atoms with Crippen LogP contribution in [0.25, 0.3) is 0 Å². The zero-order valence-electron chi connectivity index (χ0n) is 13.3. The van der Waals surface area contributed by atoms with E-state index in [1.54, 1.807) is 18.6 Å². The van der Waals surface area contributed by atoms with Gasteiger partial charge in [0.25, 0.3) is 0 Å². The first-order valence-electron chi connectivity index (χ1n) is 7.42. The number of carbonyl (C=O) groups excluding carboxylic acids is 1. The molecule has 0 aliphatic heterocycles. The summed E-state index contributed by atoms with van der Waals surface area (Å²) in [5, 5.41) is 15.2. The minimum atomic E-state index is -0.647. The van der Waals surface area contributed by atoms with Gasteiger partial charge in [-0.15, -0.1) is 11.3 Å².